The number of hydrogen-bond acceptors (Lipinski definition) is 6. The minimum absolute atomic E-state index is 0.285. The van der Waals surface area contributed by atoms with Gasteiger partial charge < -0.3 is 4.74 Å². The van der Waals surface area contributed by atoms with Crippen molar-refractivity contribution in [2.24, 2.45) is 0 Å². The molecule has 0 bridgehead atoms. The molecule has 0 aromatic heterocycles. The van der Waals surface area contributed by atoms with Crippen LogP contribution in [0.15, 0.2) is 48.5 Å². The van der Waals surface area contributed by atoms with Crippen molar-refractivity contribution in [2.75, 3.05) is 0 Å². The van der Waals surface area contributed by atoms with Crippen LogP contribution in [-0.4, -0.2) is 17.0 Å². The first-order chi connectivity index (χ1) is 12.2. The van der Waals surface area contributed by atoms with Gasteiger partial charge in [0.05, 0.1) is 10.5 Å². The summed E-state index contributed by atoms with van der Waals surface area (Å²) in [6, 6.07) is 9.81. The molecule has 2 aromatic carbocycles. The molecule has 0 saturated heterocycles. The molecule has 2 aromatic rings. The zero-order valence-corrected chi connectivity index (χ0v) is 13.2. The number of para-hydroxylation sites is 1. The number of benzene rings is 2. The van der Waals surface area contributed by atoms with Gasteiger partial charge in [-0.3, -0.25) is 15.0 Å². The van der Waals surface area contributed by atoms with E-state index in [4.69, 9.17) is 4.74 Å². The van der Waals surface area contributed by atoms with Crippen molar-refractivity contribution in [3.8, 4) is 11.5 Å². The van der Waals surface area contributed by atoms with E-state index in [0.717, 1.165) is 0 Å². The Morgan fingerprint density at radius 2 is 1.81 bits per heavy atom. The average molecular weight is 371 g/mol. The first-order valence-electron chi connectivity index (χ1n) is 7.14. The maximum absolute atomic E-state index is 12.6. The van der Waals surface area contributed by atoms with Crippen LogP contribution in [0, 0.1) is 10.1 Å². The Balaban J connectivity index is 2.06. The summed E-state index contributed by atoms with van der Waals surface area (Å²) in [5.74, 6) is -1.30. The van der Waals surface area contributed by atoms with E-state index in [1.165, 1.54) is 6.92 Å². The Labute approximate surface area is 145 Å². The summed E-state index contributed by atoms with van der Waals surface area (Å²) in [5.41, 5.74) is -2.23. The number of nitro groups is 1. The first-order valence-corrected chi connectivity index (χ1v) is 7.14. The molecule has 2 rings (SSSR count). The van der Waals surface area contributed by atoms with Gasteiger partial charge in [-0.25, -0.2) is 9.68 Å². The van der Waals surface area contributed by atoms with Crippen LogP contribution in [0.25, 0.3) is 0 Å². The lowest BCUT2D eigenvalue weighted by atomic mass is 10.2. The average Bonchev–Trinajstić information content (AvgIpc) is 2.59. The highest BCUT2D eigenvalue weighted by Gasteiger charge is 2.34. The molecule has 1 atom stereocenters. The molecule has 0 radical (unpaired) electrons. The number of hydrogen-bond donors (Lipinski definition) is 0. The van der Waals surface area contributed by atoms with Gasteiger partial charge in [0.25, 0.3) is 5.75 Å². The molecule has 1 unspecified atom stereocenters. The van der Waals surface area contributed by atoms with Gasteiger partial charge in [-0.15, -0.1) is 0 Å². The fourth-order valence-corrected chi connectivity index (χ4v) is 1.81. The topological polar surface area (TPSA) is 87.9 Å². The highest BCUT2D eigenvalue weighted by atomic mass is 19.4. The number of nitrogens with zero attached hydrogens (tertiary/aromatic N) is 1. The van der Waals surface area contributed by atoms with Crippen LogP contribution in [-0.2, 0) is 15.9 Å². The second kappa shape index (κ2) is 7.72. The summed E-state index contributed by atoms with van der Waals surface area (Å²) in [5, 5.41) is 10.9. The highest BCUT2D eigenvalue weighted by molar-refractivity contribution is 5.74. The lowest BCUT2D eigenvalue weighted by Gasteiger charge is -2.13. The van der Waals surface area contributed by atoms with Gasteiger partial charge in [0.1, 0.15) is 5.75 Å². The third kappa shape index (κ3) is 4.85. The van der Waals surface area contributed by atoms with Crippen LogP contribution in [0.2, 0.25) is 0 Å². The first kappa shape index (κ1) is 19.0. The molecule has 7 nitrogen and oxygen atoms in total. The summed E-state index contributed by atoms with van der Waals surface area (Å²) in [6.45, 7) is 1.35. The van der Waals surface area contributed by atoms with Crippen molar-refractivity contribution in [3.63, 3.8) is 0 Å². The summed E-state index contributed by atoms with van der Waals surface area (Å²) >= 11 is 0. The Morgan fingerprint density at radius 1 is 1.15 bits per heavy atom. The third-order valence-electron chi connectivity index (χ3n) is 3.08. The van der Waals surface area contributed by atoms with E-state index in [9.17, 15) is 28.1 Å². The number of rotatable bonds is 6. The lowest BCUT2D eigenvalue weighted by Crippen LogP contribution is -2.27. The van der Waals surface area contributed by atoms with E-state index in [1.54, 1.807) is 30.3 Å². The Kier molecular flexibility index (Phi) is 5.65. The number of alkyl halides is 3. The maximum Gasteiger partial charge on any atom is 0.416 e. The molecule has 26 heavy (non-hydrogen) atoms. The van der Waals surface area contributed by atoms with E-state index in [0.29, 0.717) is 17.9 Å². The van der Waals surface area contributed by atoms with E-state index < -0.39 is 40.2 Å². The fourth-order valence-electron chi connectivity index (χ4n) is 1.81. The number of nitro benzene ring substituents is 1. The van der Waals surface area contributed by atoms with Crippen molar-refractivity contribution in [1.82, 2.24) is 0 Å². The summed E-state index contributed by atoms with van der Waals surface area (Å²) < 4.78 is 43.1. The largest absolute Gasteiger partial charge is 0.479 e. The Morgan fingerprint density at radius 3 is 2.38 bits per heavy atom. The van der Waals surface area contributed by atoms with E-state index >= 15 is 0 Å². The smallest absolute Gasteiger partial charge is 0.416 e. The molecule has 0 aliphatic heterocycles. The van der Waals surface area contributed by atoms with Crippen LogP contribution in [0.3, 0.4) is 0 Å². The van der Waals surface area contributed by atoms with Crippen LogP contribution < -0.4 is 9.62 Å². The Bertz CT molecular complexity index is 794. The highest BCUT2D eigenvalue weighted by Crippen LogP contribution is 2.36. The van der Waals surface area contributed by atoms with E-state index in [1.807, 2.05) is 0 Å². The molecule has 0 N–H and O–H groups in total. The van der Waals surface area contributed by atoms with Crippen molar-refractivity contribution in [2.45, 2.75) is 19.2 Å². The zero-order valence-electron chi connectivity index (χ0n) is 13.2. The predicted octanol–water partition coefficient (Wildman–Crippen LogP) is 3.92. The van der Waals surface area contributed by atoms with Crippen LogP contribution in [0.5, 0.6) is 11.5 Å². The van der Waals surface area contributed by atoms with E-state index in [2.05, 4.69) is 9.78 Å². The predicted molar refractivity (Wildman–Crippen MR) is 81.4 cm³/mol. The third-order valence-corrected chi connectivity index (χ3v) is 3.08. The maximum atomic E-state index is 12.6. The van der Waals surface area contributed by atoms with Gasteiger partial charge in [-0.05, 0) is 31.2 Å². The molecule has 0 saturated carbocycles. The molecule has 0 fully saturated rings. The standard InChI is InChI=1S/C16H12F3NO6/c1-10(24-12-5-3-2-4-6-12)15(21)26-25-14-8-7-11(16(17,18)19)9-13(14)20(22)23/h2-10H,1H3. The minimum atomic E-state index is -4.77. The number of carbonyl (C=O) groups excluding carboxylic acids is 1. The van der Waals surface area contributed by atoms with Crippen molar-refractivity contribution >= 4 is 11.7 Å². The van der Waals surface area contributed by atoms with Gasteiger partial charge in [0.2, 0.25) is 0 Å². The summed E-state index contributed by atoms with van der Waals surface area (Å²) in [7, 11) is 0. The van der Waals surface area contributed by atoms with Crippen LogP contribution in [0.1, 0.15) is 12.5 Å². The lowest BCUT2D eigenvalue weighted by molar-refractivity contribution is -0.388. The number of ether oxygens (including phenoxy) is 1. The molecule has 0 amide bonds. The number of halogens is 3. The van der Waals surface area contributed by atoms with E-state index in [-0.39, 0.29) is 6.07 Å². The quantitative estimate of drug-likeness (QED) is 0.434. The molecular formula is C16H12F3NO6. The van der Waals surface area contributed by atoms with Crippen LogP contribution in [0.4, 0.5) is 18.9 Å². The SMILES string of the molecule is CC(Oc1ccccc1)C(=O)OOc1ccc(C(F)(F)F)cc1[N+](=O)[O-]. The van der Waals surface area contributed by atoms with Crippen molar-refractivity contribution in [1.29, 1.82) is 0 Å². The molecule has 0 heterocycles. The molecular weight excluding hydrogens is 359 g/mol. The van der Waals surface area contributed by atoms with Gasteiger partial charge in [0.15, 0.2) is 6.10 Å². The molecule has 138 valence electrons. The Hall–Kier alpha value is -3.30. The van der Waals surface area contributed by atoms with Crippen LogP contribution >= 0.6 is 0 Å². The van der Waals surface area contributed by atoms with Gasteiger partial charge in [-0.2, -0.15) is 13.2 Å². The summed E-state index contributed by atoms with van der Waals surface area (Å²) in [6.07, 6.45) is -5.89. The molecule has 0 aliphatic rings. The molecule has 0 aliphatic carbocycles. The van der Waals surface area contributed by atoms with Gasteiger partial charge in [0, 0.05) is 6.07 Å². The molecule has 0 spiro atoms. The normalized spacial score (nSPS) is 12.2. The zero-order chi connectivity index (χ0) is 19.3. The second-order valence-electron chi connectivity index (χ2n) is 5.00. The minimum Gasteiger partial charge on any atom is -0.479 e. The monoisotopic (exact) mass is 371 g/mol. The van der Waals surface area contributed by atoms with Crippen molar-refractivity contribution < 1.29 is 37.4 Å². The number of carbonyl (C=O) groups is 1. The molecule has 10 heteroatoms. The fraction of sp³-hybridized carbons (Fsp3) is 0.188. The summed E-state index contributed by atoms with van der Waals surface area (Å²) in [4.78, 5) is 30.6. The van der Waals surface area contributed by atoms with Gasteiger partial charge >= 0.3 is 17.8 Å². The van der Waals surface area contributed by atoms with Gasteiger partial charge in [-0.1, -0.05) is 18.2 Å². The van der Waals surface area contributed by atoms with Crippen molar-refractivity contribution in [3.05, 3.63) is 64.2 Å². The second-order valence-corrected chi connectivity index (χ2v) is 5.00.